The van der Waals surface area contributed by atoms with Gasteiger partial charge >= 0.3 is 0 Å². The lowest BCUT2D eigenvalue weighted by Gasteiger charge is -2.18. The number of non-ortho nitro benzene ring substituents is 1. The van der Waals surface area contributed by atoms with Gasteiger partial charge in [-0.1, -0.05) is 29.8 Å². The Morgan fingerprint density at radius 2 is 1.90 bits per heavy atom. The van der Waals surface area contributed by atoms with Crippen LogP contribution in [0.5, 0.6) is 0 Å². The molecule has 2 aromatic rings. The fraction of sp³-hybridized carbons (Fsp3) is 0.0714. The first-order chi connectivity index (χ1) is 9.91. The van der Waals surface area contributed by atoms with E-state index in [-0.39, 0.29) is 22.0 Å². The molecule has 1 amide bonds. The molecule has 0 aliphatic heterocycles. The van der Waals surface area contributed by atoms with E-state index in [1.54, 1.807) is 31.3 Å². The Balaban J connectivity index is 2.46. The maximum Gasteiger partial charge on any atom is 0.271 e. The molecule has 0 saturated heterocycles. The number of carbonyl (C=O) groups excluding carboxylic acids is 1. The van der Waals surface area contributed by atoms with Gasteiger partial charge in [0.25, 0.3) is 11.6 Å². The van der Waals surface area contributed by atoms with Crippen molar-refractivity contribution in [2.24, 2.45) is 0 Å². The zero-order valence-electron chi connectivity index (χ0n) is 11.1. The van der Waals surface area contributed by atoms with E-state index >= 15 is 0 Å². The molecule has 0 aliphatic rings. The van der Waals surface area contributed by atoms with E-state index in [4.69, 9.17) is 17.3 Å². The molecule has 0 spiro atoms. The Morgan fingerprint density at radius 3 is 2.48 bits per heavy atom. The van der Waals surface area contributed by atoms with E-state index < -0.39 is 10.8 Å². The number of halogens is 1. The van der Waals surface area contributed by atoms with Crippen LogP contribution in [-0.2, 0) is 0 Å². The van der Waals surface area contributed by atoms with Gasteiger partial charge in [-0.3, -0.25) is 14.9 Å². The monoisotopic (exact) mass is 305 g/mol. The number of nitrogens with two attached hydrogens (primary N) is 1. The van der Waals surface area contributed by atoms with E-state index in [0.717, 1.165) is 12.1 Å². The number of rotatable bonds is 3. The summed E-state index contributed by atoms with van der Waals surface area (Å²) in [4.78, 5) is 24.1. The molecule has 0 fully saturated rings. The first-order valence-corrected chi connectivity index (χ1v) is 6.36. The van der Waals surface area contributed by atoms with Gasteiger partial charge in [-0.05, 0) is 12.1 Å². The summed E-state index contributed by atoms with van der Waals surface area (Å²) < 4.78 is 0. The molecular formula is C14H12ClN3O3. The molecule has 2 aromatic carbocycles. The summed E-state index contributed by atoms with van der Waals surface area (Å²) in [5.74, 6) is -0.468. The third-order valence-corrected chi connectivity index (χ3v) is 3.32. The molecule has 2 rings (SSSR count). The fourth-order valence-electron chi connectivity index (χ4n) is 1.84. The number of hydrogen-bond acceptors (Lipinski definition) is 4. The molecule has 0 radical (unpaired) electrons. The molecule has 0 aromatic heterocycles. The highest BCUT2D eigenvalue weighted by Crippen LogP contribution is 2.30. The zero-order chi connectivity index (χ0) is 15.6. The van der Waals surface area contributed by atoms with Gasteiger partial charge in [0.1, 0.15) is 0 Å². The lowest BCUT2D eigenvalue weighted by atomic mass is 10.1. The zero-order valence-corrected chi connectivity index (χ0v) is 11.9. The van der Waals surface area contributed by atoms with Gasteiger partial charge in [-0.25, -0.2) is 0 Å². The molecule has 6 nitrogen and oxygen atoms in total. The standard InChI is InChI=1S/C14H12ClN3O3/c1-17(9-5-3-2-4-6-9)14(19)11-7-10(18(20)21)8-12(15)13(11)16/h2-8H,16H2,1H3. The maximum atomic E-state index is 12.5. The van der Waals surface area contributed by atoms with Crippen molar-refractivity contribution in [3.63, 3.8) is 0 Å². The van der Waals surface area contributed by atoms with E-state index in [1.807, 2.05) is 6.07 Å². The van der Waals surface area contributed by atoms with Crippen LogP contribution >= 0.6 is 11.6 Å². The van der Waals surface area contributed by atoms with Crippen LogP contribution in [-0.4, -0.2) is 17.9 Å². The maximum absolute atomic E-state index is 12.5. The topological polar surface area (TPSA) is 89.5 Å². The third-order valence-electron chi connectivity index (χ3n) is 3.00. The van der Waals surface area contributed by atoms with Crippen LogP contribution in [0.2, 0.25) is 5.02 Å². The Morgan fingerprint density at radius 1 is 1.29 bits per heavy atom. The van der Waals surface area contributed by atoms with E-state index in [1.165, 1.54) is 4.90 Å². The van der Waals surface area contributed by atoms with Gasteiger partial charge in [-0.15, -0.1) is 0 Å². The van der Waals surface area contributed by atoms with E-state index in [2.05, 4.69) is 0 Å². The van der Waals surface area contributed by atoms with Crippen LogP contribution < -0.4 is 10.6 Å². The van der Waals surface area contributed by atoms with Crippen molar-refractivity contribution >= 4 is 34.6 Å². The number of carbonyl (C=O) groups is 1. The summed E-state index contributed by atoms with van der Waals surface area (Å²) in [7, 11) is 1.56. The Hall–Kier alpha value is -2.60. The molecule has 0 unspecified atom stereocenters. The normalized spacial score (nSPS) is 10.2. The lowest BCUT2D eigenvalue weighted by molar-refractivity contribution is -0.384. The molecule has 21 heavy (non-hydrogen) atoms. The number of nitrogens with zero attached hydrogens (tertiary/aromatic N) is 2. The van der Waals surface area contributed by atoms with Crippen LogP contribution in [0, 0.1) is 10.1 Å². The quantitative estimate of drug-likeness (QED) is 0.536. The Bertz CT molecular complexity index is 704. The largest absolute Gasteiger partial charge is 0.397 e. The SMILES string of the molecule is CN(C(=O)c1cc([N+](=O)[O-])cc(Cl)c1N)c1ccccc1. The molecular weight excluding hydrogens is 294 g/mol. The van der Waals surface area contributed by atoms with Crippen molar-refractivity contribution in [2.45, 2.75) is 0 Å². The van der Waals surface area contributed by atoms with Gasteiger partial charge in [0, 0.05) is 24.9 Å². The summed E-state index contributed by atoms with van der Waals surface area (Å²) in [6, 6.07) is 11.1. The van der Waals surface area contributed by atoms with Crippen molar-refractivity contribution < 1.29 is 9.72 Å². The minimum absolute atomic E-state index is 0.000512. The molecule has 0 bridgehead atoms. The summed E-state index contributed by atoms with van der Waals surface area (Å²) >= 11 is 5.86. The minimum atomic E-state index is -0.620. The summed E-state index contributed by atoms with van der Waals surface area (Å²) in [6.45, 7) is 0. The van der Waals surface area contributed by atoms with Crippen molar-refractivity contribution in [1.82, 2.24) is 0 Å². The van der Waals surface area contributed by atoms with Crippen molar-refractivity contribution in [3.05, 3.63) is 63.2 Å². The average Bonchev–Trinajstić information content (AvgIpc) is 2.49. The predicted molar refractivity (Wildman–Crippen MR) is 81.7 cm³/mol. The van der Waals surface area contributed by atoms with Crippen LogP contribution in [0.15, 0.2) is 42.5 Å². The van der Waals surface area contributed by atoms with Gasteiger partial charge < -0.3 is 10.6 Å². The molecule has 0 saturated carbocycles. The molecule has 0 heterocycles. The predicted octanol–water partition coefficient (Wildman–Crippen LogP) is 3.11. The second kappa shape index (κ2) is 5.80. The van der Waals surface area contributed by atoms with Gasteiger partial charge in [0.05, 0.1) is 21.2 Å². The third kappa shape index (κ3) is 2.95. The number of amides is 1. The van der Waals surface area contributed by atoms with Gasteiger partial charge in [0.2, 0.25) is 0 Å². The number of nitro groups is 1. The highest BCUT2D eigenvalue weighted by molar-refractivity contribution is 6.34. The lowest BCUT2D eigenvalue weighted by Crippen LogP contribution is -2.27. The fourth-order valence-corrected chi connectivity index (χ4v) is 2.05. The second-order valence-corrected chi connectivity index (χ2v) is 4.75. The number of nitrogen functional groups attached to an aromatic ring is 1. The summed E-state index contributed by atoms with van der Waals surface area (Å²) in [5.41, 5.74) is 6.15. The highest BCUT2D eigenvalue weighted by atomic mass is 35.5. The molecule has 7 heteroatoms. The minimum Gasteiger partial charge on any atom is -0.397 e. The Kier molecular flexibility index (Phi) is 4.09. The summed E-state index contributed by atoms with van der Waals surface area (Å²) in [6.07, 6.45) is 0. The molecule has 108 valence electrons. The van der Waals surface area contributed by atoms with Crippen LogP contribution in [0.25, 0.3) is 0 Å². The first kappa shape index (κ1) is 14.8. The second-order valence-electron chi connectivity index (χ2n) is 4.35. The van der Waals surface area contributed by atoms with Crippen LogP contribution in [0.1, 0.15) is 10.4 Å². The molecule has 0 atom stereocenters. The van der Waals surface area contributed by atoms with Gasteiger partial charge in [-0.2, -0.15) is 0 Å². The number of nitro benzene ring substituents is 1. The number of hydrogen-bond donors (Lipinski definition) is 1. The number of anilines is 2. The number of benzene rings is 2. The van der Waals surface area contributed by atoms with Crippen molar-refractivity contribution in [3.8, 4) is 0 Å². The van der Waals surface area contributed by atoms with Crippen LogP contribution in [0.4, 0.5) is 17.1 Å². The van der Waals surface area contributed by atoms with Crippen molar-refractivity contribution in [1.29, 1.82) is 0 Å². The summed E-state index contributed by atoms with van der Waals surface area (Å²) in [5, 5.41) is 10.8. The van der Waals surface area contributed by atoms with Crippen molar-refractivity contribution in [2.75, 3.05) is 17.7 Å². The number of para-hydroxylation sites is 1. The highest BCUT2D eigenvalue weighted by Gasteiger charge is 2.22. The first-order valence-electron chi connectivity index (χ1n) is 5.98. The molecule has 0 aliphatic carbocycles. The van der Waals surface area contributed by atoms with Crippen LogP contribution in [0.3, 0.4) is 0 Å². The van der Waals surface area contributed by atoms with Gasteiger partial charge in [0.15, 0.2) is 0 Å². The Labute approximate surface area is 125 Å². The smallest absolute Gasteiger partial charge is 0.271 e. The average molecular weight is 306 g/mol. The van der Waals surface area contributed by atoms with E-state index in [0.29, 0.717) is 5.69 Å². The van der Waals surface area contributed by atoms with E-state index in [9.17, 15) is 14.9 Å². The molecule has 2 N–H and O–H groups in total.